The van der Waals surface area contributed by atoms with Gasteiger partial charge in [0.2, 0.25) is 0 Å². The molecule has 0 fully saturated rings. The van der Waals surface area contributed by atoms with Crippen molar-refractivity contribution in [1.82, 2.24) is 10.3 Å². The summed E-state index contributed by atoms with van der Waals surface area (Å²) in [6, 6.07) is 3.84. The summed E-state index contributed by atoms with van der Waals surface area (Å²) in [6.45, 7) is 2.38. The Morgan fingerprint density at radius 2 is 2.26 bits per heavy atom. The van der Waals surface area contributed by atoms with E-state index >= 15 is 0 Å². The maximum Gasteiger partial charge on any atom is 0.255 e. The maximum atomic E-state index is 11.9. The Kier molecular flexibility index (Phi) is 4.01. The van der Waals surface area contributed by atoms with Gasteiger partial charge in [-0.1, -0.05) is 6.92 Å². The number of carbonyl (C=O) groups is 1. The lowest BCUT2D eigenvalue weighted by Gasteiger charge is -2.11. The monoisotopic (exact) mass is 278 g/mol. The fourth-order valence-electron chi connectivity index (χ4n) is 1.61. The van der Waals surface area contributed by atoms with Gasteiger partial charge in [-0.05, 0) is 18.2 Å². The molecule has 0 aliphatic carbocycles. The zero-order valence-electron chi connectivity index (χ0n) is 10.3. The lowest BCUT2D eigenvalue weighted by Crippen LogP contribution is -2.27. The molecule has 1 atom stereocenters. The fraction of sp³-hybridized carbons (Fsp3) is 0.231. The first-order chi connectivity index (χ1) is 9.08. The van der Waals surface area contributed by atoms with Gasteiger partial charge >= 0.3 is 0 Å². The van der Waals surface area contributed by atoms with E-state index in [2.05, 4.69) is 10.3 Å². The Hall–Kier alpha value is -2.08. The fourth-order valence-corrected chi connectivity index (χ4v) is 2.31. The molecule has 1 heterocycles. The van der Waals surface area contributed by atoms with Gasteiger partial charge in [-0.3, -0.25) is 4.79 Å². The summed E-state index contributed by atoms with van der Waals surface area (Å²) >= 11 is 1.53. The lowest BCUT2D eigenvalue weighted by molar-refractivity contribution is 0.0948. The second-order valence-corrected chi connectivity index (χ2v) is 5.11. The predicted molar refractivity (Wildman–Crippen MR) is 72.6 cm³/mol. The number of phenols is 2. The summed E-state index contributed by atoms with van der Waals surface area (Å²) in [5.74, 6) is -0.534. The first kappa shape index (κ1) is 13.4. The summed E-state index contributed by atoms with van der Waals surface area (Å²) < 4.78 is 0. The zero-order chi connectivity index (χ0) is 13.8. The van der Waals surface area contributed by atoms with Crippen LogP contribution in [0, 0.1) is 0 Å². The van der Waals surface area contributed by atoms with Gasteiger partial charge in [-0.2, -0.15) is 0 Å². The summed E-state index contributed by atoms with van der Waals surface area (Å²) in [5, 5.41) is 24.4. The second-order valence-electron chi connectivity index (χ2n) is 4.18. The average Bonchev–Trinajstić information content (AvgIpc) is 2.92. The van der Waals surface area contributed by atoms with E-state index in [9.17, 15) is 15.0 Å². The molecule has 0 saturated carbocycles. The van der Waals surface area contributed by atoms with Crippen LogP contribution < -0.4 is 5.32 Å². The molecule has 0 spiro atoms. The van der Waals surface area contributed by atoms with Crippen molar-refractivity contribution >= 4 is 17.2 Å². The van der Waals surface area contributed by atoms with Gasteiger partial charge in [-0.15, -0.1) is 11.3 Å². The number of aromatic nitrogens is 1. The highest BCUT2D eigenvalue weighted by Crippen LogP contribution is 2.22. The molecule has 0 aliphatic rings. The van der Waals surface area contributed by atoms with E-state index < -0.39 is 5.91 Å². The largest absolute Gasteiger partial charge is 0.508 e. The Morgan fingerprint density at radius 3 is 2.95 bits per heavy atom. The third-order valence-electron chi connectivity index (χ3n) is 2.67. The van der Waals surface area contributed by atoms with Crippen LogP contribution in [0.5, 0.6) is 11.5 Å². The van der Waals surface area contributed by atoms with Crippen molar-refractivity contribution in [3.8, 4) is 11.5 Å². The van der Waals surface area contributed by atoms with Crippen LogP contribution in [0.3, 0.4) is 0 Å². The summed E-state index contributed by atoms with van der Waals surface area (Å²) in [5.41, 5.74) is 0.0614. The van der Waals surface area contributed by atoms with E-state index in [1.807, 2.05) is 12.3 Å². The van der Waals surface area contributed by atoms with E-state index in [-0.39, 0.29) is 23.0 Å². The molecular weight excluding hydrogens is 264 g/mol. The van der Waals surface area contributed by atoms with Crippen molar-refractivity contribution in [2.75, 3.05) is 6.54 Å². The van der Waals surface area contributed by atoms with Crippen LogP contribution in [-0.4, -0.2) is 27.6 Å². The van der Waals surface area contributed by atoms with Gasteiger partial charge in [0.1, 0.15) is 11.5 Å². The Balaban J connectivity index is 2.00. The number of benzene rings is 1. The molecule has 0 aliphatic heterocycles. The van der Waals surface area contributed by atoms with Gasteiger partial charge in [0, 0.05) is 24.0 Å². The van der Waals surface area contributed by atoms with E-state index in [1.54, 1.807) is 6.20 Å². The average molecular weight is 278 g/mol. The maximum absolute atomic E-state index is 11.9. The Bertz CT molecular complexity index is 569. The zero-order valence-corrected chi connectivity index (χ0v) is 11.1. The van der Waals surface area contributed by atoms with E-state index in [1.165, 1.54) is 29.5 Å². The summed E-state index contributed by atoms with van der Waals surface area (Å²) in [6.07, 6.45) is 1.72. The number of thiazole rings is 1. The number of rotatable bonds is 4. The highest BCUT2D eigenvalue weighted by molar-refractivity contribution is 7.09. The van der Waals surface area contributed by atoms with Crippen molar-refractivity contribution in [3.05, 3.63) is 40.3 Å². The number of amides is 1. The molecule has 1 aromatic carbocycles. The molecule has 1 amide bonds. The third kappa shape index (κ3) is 3.23. The van der Waals surface area contributed by atoms with E-state index in [0.29, 0.717) is 6.54 Å². The summed E-state index contributed by atoms with van der Waals surface area (Å²) in [7, 11) is 0. The van der Waals surface area contributed by atoms with Gasteiger partial charge in [0.25, 0.3) is 5.91 Å². The topological polar surface area (TPSA) is 82.5 Å². The quantitative estimate of drug-likeness (QED) is 0.748. The molecule has 0 radical (unpaired) electrons. The first-order valence-electron chi connectivity index (χ1n) is 5.77. The highest BCUT2D eigenvalue weighted by Gasteiger charge is 2.14. The number of phenolic OH excluding ortho intramolecular Hbond substituents is 2. The third-order valence-corrected chi connectivity index (χ3v) is 3.67. The smallest absolute Gasteiger partial charge is 0.255 e. The van der Waals surface area contributed by atoms with Crippen molar-refractivity contribution in [2.24, 2.45) is 0 Å². The van der Waals surface area contributed by atoms with Crippen molar-refractivity contribution in [2.45, 2.75) is 12.8 Å². The molecule has 0 saturated heterocycles. The minimum atomic E-state index is -0.420. The molecule has 3 N–H and O–H groups in total. The van der Waals surface area contributed by atoms with Crippen molar-refractivity contribution in [1.29, 1.82) is 0 Å². The van der Waals surface area contributed by atoms with Crippen molar-refractivity contribution < 1.29 is 15.0 Å². The molecule has 2 aromatic rings. The molecule has 100 valence electrons. The van der Waals surface area contributed by atoms with Crippen LogP contribution >= 0.6 is 11.3 Å². The van der Waals surface area contributed by atoms with Crippen LogP contribution in [0.15, 0.2) is 29.8 Å². The summed E-state index contributed by atoms with van der Waals surface area (Å²) in [4.78, 5) is 16.1. The molecule has 1 aromatic heterocycles. The molecule has 6 heteroatoms. The van der Waals surface area contributed by atoms with Gasteiger partial charge in [0.15, 0.2) is 0 Å². The minimum Gasteiger partial charge on any atom is -0.508 e. The van der Waals surface area contributed by atoms with Gasteiger partial charge < -0.3 is 15.5 Å². The molecule has 1 unspecified atom stereocenters. The van der Waals surface area contributed by atoms with Crippen LogP contribution in [0.4, 0.5) is 0 Å². The molecule has 0 bridgehead atoms. The van der Waals surface area contributed by atoms with Crippen LogP contribution in [0.25, 0.3) is 0 Å². The van der Waals surface area contributed by atoms with E-state index in [0.717, 1.165) is 5.01 Å². The number of carbonyl (C=O) groups excluding carboxylic acids is 1. The normalized spacial score (nSPS) is 12.1. The molecular formula is C13H14N2O3S. The Morgan fingerprint density at radius 1 is 1.47 bits per heavy atom. The van der Waals surface area contributed by atoms with E-state index in [4.69, 9.17) is 0 Å². The second kappa shape index (κ2) is 5.71. The van der Waals surface area contributed by atoms with Crippen LogP contribution in [0.2, 0.25) is 0 Å². The Labute approximate surface area is 114 Å². The number of nitrogens with one attached hydrogen (secondary N) is 1. The first-order valence-corrected chi connectivity index (χ1v) is 6.65. The lowest BCUT2D eigenvalue weighted by atomic mass is 10.1. The van der Waals surface area contributed by atoms with Crippen LogP contribution in [0.1, 0.15) is 28.2 Å². The van der Waals surface area contributed by atoms with Gasteiger partial charge in [-0.25, -0.2) is 4.98 Å². The highest BCUT2D eigenvalue weighted by atomic mass is 32.1. The SMILES string of the molecule is CC(CNC(=O)c1cc(O)ccc1O)c1nccs1. The number of nitrogens with zero attached hydrogens (tertiary/aromatic N) is 1. The standard InChI is InChI=1S/C13H14N2O3S/c1-8(13-14-4-5-19-13)7-15-12(18)10-6-9(16)2-3-11(10)17/h2-6,8,16-17H,7H2,1H3,(H,15,18). The van der Waals surface area contributed by atoms with Crippen LogP contribution in [-0.2, 0) is 0 Å². The number of aromatic hydroxyl groups is 2. The predicted octanol–water partition coefficient (Wildman–Crippen LogP) is 2.09. The number of hydrogen-bond donors (Lipinski definition) is 3. The van der Waals surface area contributed by atoms with Crippen molar-refractivity contribution in [3.63, 3.8) is 0 Å². The molecule has 2 rings (SSSR count). The van der Waals surface area contributed by atoms with Gasteiger partial charge in [0.05, 0.1) is 10.6 Å². The molecule has 5 nitrogen and oxygen atoms in total. The molecule has 19 heavy (non-hydrogen) atoms. The minimum absolute atomic E-state index is 0.0593. The number of hydrogen-bond acceptors (Lipinski definition) is 5.